The van der Waals surface area contributed by atoms with Gasteiger partial charge in [-0.2, -0.15) is 0 Å². The maximum atomic E-state index is 14.2. The summed E-state index contributed by atoms with van der Waals surface area (Å²) in [6.07, 6.45) is 25.2. The van der Waals surface area contributed by atoms with Crippen LogP contribution in [0, 0.1) is 81.3 Å². The molecular formula is C101H140N9O18V-. The fraction of sp³-hybridized carbons (Fsp3) is 0.673. The largest absolute Gasteiger partial charge is 0.540 e. The van der Waals surface area contributed by atoms with Crippen molar-refractivity contribution in [2.45, 2.75) is 313 Å². The number of ether oxygens (including phenoxy) is 7. The number of Topliss-reactive ketones (excluding diaryl/α,β-unsaturated/α-hetero) is 2. The summed E-state index contributed by atoms with van der Waals surface area (Å²) in [6, 6.07) is 14.6. The van der Waals surface area contributed by atoms with E-state index in [1.165, 1.54) is 87.9 Å². The van der Waals surface area contributed by atoms with Gasteiger partial charge in [0.05, 0.1) is 123 Å². The van der Waals surface area contributed by atoms with E-state index in [0.29, 0.717) is 70.2 Å². The number of ketones is 2. The standard InChI is InChI=1S/C36H50N3O6.C33H45N3O6.C32H45N3O6.V/c1-6-26-31(21-40)39(35(43)27(19-33(41)42)36(2,3)4)20-32(26)45-34-29(37-28-15-14-25(44-5)18-30(28)38-34)11-9-7-8-10-23-17-24(23)16-22-12-13-22;1-19-27-18-36(29(19)20(2)37)31(39)23(32(3,4)5)16-28(38)42-33(6)17-21(33)11-9-8-10-12-25-30(41-27)35-26-15-22(40-7)13-14-24(26)34-25;1-19-27(18-35(29(19)20(2)36)31(39)23(17-28(37)38)32(3,4)5)41-30-25(11-9-7-8-10-21-12-13-21)33-24-15-14-22(40-6)16-26(24)34-30;/h14-15,18,22-24,26-27,31-32H,6-13,16-17,19-20H2,1-5H3,(H,41,42);13-15,19,21,23,27,29H,8-12,16-18H2,1-7H3;14-16,19,21,23,27,29H,7-13,17-18H2,1-6H3,(H,37,38);/q-1;;;/t23-,24?,26+,27-,31-,32+;19-,21-,23-,27+,29+,33-;19-,23-,27+,29+;/m111./s1. The number of benzene rings is 3. The summed E-state index contributed by atoms with van der Waals surface area (Å²) in [5.41, 5.74) is 4.39. The van der Waals surface area contributed by atoms with Crippen molar-refractivity contribution >= 4 is 86.6 Å². The number of rotatable bonds is 31. The number of methoxy groups -OCH3 is 3. The van der Waals surface area contributed by atoms with Crippen molar-refractivity contribution in [1.82, 2.24) is 44.6 Å². The molecule has 27 nitrogen and oxygen atoms in total. The third kappa shape index (κ3) is 25.6. The van der Waals surface area contributed by atoms with Crippen LogP contribution in [-0.2, 0) is 85.7 Å². The molecule has 6 aromatic rings. The molecule has 3 amide bonds. The molecule has 0 spiro atoms. The summed E-state index contributed by atoms with van der Waals surface area (Å²) in [5, 5.41) is 19.1. The van der Waals surface area contributed by atoms with Crippen LogP contribution in [0.3, 0.4) is 0 Å². The van der Waals surface area contributed by atoms with Crippen LogP contribution < -0.4 is 28.4 Å². The molecule has 16 atom stereocenters. The van der Waals surface area contributed by atoms with Crippen LogP contribution in [0.25, 0.3) is 33.1 Å². The van der Waals surface area contributed by atoms with Crippen molar-refractivity contribution in [2.24, 2.45) is 81.3 Å². The average molecular weight is 1820 g/mol. The quantitative estimate of drug-likeness (QED) is 0.0232. The Labute approximate surface area is 773 Å². The summed E-state index contributed by atoms with van der Waals surface area (Å²) in [5.74, 6) is 0.782. The molecule has 4 aliphatic heterocycles. The van der Waals surface area contributed by atoms with E-state index < -0.39 is 88.0 Å². The maximum Gasteiger partial charge on any atom is 0.307 e. The number of fused-ring (bicyclic) bond motifs is 7. The topological polar surface area (TPSA) is 346 Å². The Balaban J connectivity index is 0.000000187. The third-order valence-electron chi connectivity index (χ3n) is 28.4. The second-order valence-corrected chi connectivity index (χ2v) is 41.4. The third-order valence-corrected chi connectivity index (χ3v) is 28.4. The van der Waals surface area contributed by atoms with Gasteiger partial charge >= 0.3 is 17.9 Å². The minimum atomic E-state index is -1.05. The van der Waals surface area contributed by atoms with Crippen molar-refractivity contribution in [1.29, 1.82) is 0 Å². The van der Waals surface area contributed by atoms with Gasteiger partial charge in [0.2, 0.25) is 35.4 Å². The fourth-order valence-electron chi connectivity index (χ4n) is 19.9. The van der Waals surface area contributed by atoms with Crippen LogP contribution in [0.15, 0.2) is 54.6 Å². The number of nitrogens with zero attached hydrogens (tertiary/aromatic N) is 9. The van der Waals surface area contributed by atoms with E-state index in [0.717, 1.165) is 128 Å². The van der Waals surface area contributed by atoms with Crippen LogP contribution in [-0.4, -0.2) is 191 Å². The zero-order valence-electron chi connectivity index (χ0n) is 79.4. The molecule has 3 aromatic heterocycles. The van der Waals surface area contributed by atoms with Gasteiger partial charge in [-0.15, -0.1) is 0 Å². The Kier molecular flexibility index (Phi) is 33.5. The molecule has 703 valence electrons. The molecule has 1 radical (unpaired) electrons. The molecule has 1 unspecified atom stereocenters. The van der Waals surface area contributed by atoms with Gasteiger partial charge in [0.15, 0.2) is 11.6 Å². The van der Waals surface area contributed by atoms with Crippen LogP contribution in [0.5, 0.6) is 34.9 Å². The smallest absolute Gasteiger partial charge is 0.307 e. The SMILES string of the molecule is CC[C@@H]1[C@@H](Oc2nc3cc(OC)ccc3nc2CCCCC[C@@H]2CC2CC2CC2)CN(C(=O)[C@@H](CC(=O)O)C(C)(C)C)[C@@H]1[C-]=O.COc1ccc2nc(CCCCCC3CC3)c(O[C@H]3CN(C(=O)[C@@H](CC(=O)O)C(C)(C)C)[C@H](C(C)=O)[C@@H]3C)nc2c1.COc1ccc2nc3c(nc2c1)O[C@H]1CN(C(=O)[C@H](C(C)(C)C)CC(=O)O[C@]2(C)C[C@H]2CCCCC3)[C@H](C(C)=O)[C@@H]1C.[V]. The zero-order valence-corrected chi connectivity index (χ0v) is 80.8. The minimum Gasteiger partial charge on any atom is -0.540 e. The van der Waals surface area contributed by atoms with Gasteiger partial charge < -0.3 is 62.9 Å². The van der Waals surface area contributed by atoms with Crippen LogP contribution >= 0.6 is 0 Å². The Hall–Kier alpha value is -9.11. The summed E-state index contributed by atoms with van der Waals surface area (Å²) in [6.45, 7) is 28.3. The number of aliphatic carboxylic acids is 2. The monoisotopic (exact) mass is 1820 g/mol. The fourth-order valence-corrected chi connectivity index (χ4v) is 19.9. The normalized spacial score (nSPS) is 25.7. The van der Waals surface area contributed by atoms with Gasteiger partial charge in [-0.3, -0.25) is 38.4 Å². The summed E-state index contributed by atoms with van der Waals surface area (Å²) in [7, 11) is 4.82. The van der Waals surface area contributed by atoms with Gasteiger partial charge in [0, 0.05) is 54.5 Å². The Morgan fingerprint density at radius 3 is 1.60 bits per heavy atom. The molecule has 3 aromatic carbocycles. The molecule has 129 heavy (non-hydrogen) atoms. The number of hydrogen-bond donors (Lipinski definition) is 2. The van der Waals surface area contributed by atoms with E-state index in [9.17, 15) is 53.4 Å². The first-order chi connectivity index (χ1) is 60.7. The number of carboxylic acid groups (broad SMARTS) is 2. The van der Waals surface area contributed by atoms with Gasteiger partial charge in [0.25, 0.3) is 0 Å². The molecule has 3 saturated heterocycles. The number of hydrogen-bond acceptors (Lipinski definition) is 22. The van der Waals surface area contributed by atoms with Gasteiger partial charge in [-0.25, -0.2) is 36.2 Å². The molecule has 28 heteroatoms. The summed E-state index contributed by atoms with van der Waals surface area (Å²) < 4.78 is 41.9. The first-order valence-corrected chi connectivity index (χ1v) is 47.2. The Morgan fingerprint density at radius 1 is 0.589 bits per heavy atom. The molecule has 14 rings (SSSR count). The van der Waals surface area contributed by atoms with Gasteiger partial charge in [-0.05, 0) is 167 Å². The van der Waals surface area contributed by atoms with E-state index in [-0.39, 0.29) is 110 Å². The molecule has 7 fully saturated rings. The summed E-state index contributed by atoms with van der Waals surface area (Å²) >= 11 is 0. The van der Waals surface area contributed by atoms with E-state index in [2.05, 4.69) is 6.29 Å². The predicted molar refractivity (Wildman–Crippen MR) is 486 cm³/mol. The molecule has 4 aliphatic carbocycles. The number of carbonyl (C=O) groups is 8. The number of esters is 1. The van der Waals surface area contributed by atoms with Gasteiger partial charge in [-0.1, -0.05) is 173 Å². The van der Waals surface area contributed by atoms with E-state index in [4.69, 9.17) is 63.1 Å². The predicted octanol–water partition coefficient (Wildman–Crippen LogP) is 17.2. The first kappa shape index (κ1) is 100. The van der Waals surface area contributed by atoms with Crippen molar-refractivity contribution in [3.63, 3.8) is 0 Å². The van der Waals surface area contributed by atoms with Crippen LogP contribution in [0.1, 0.15) is 269 Å². The number of likely N-dealkylation sites (tertiary alicyclic amines) is 2. The number of aromatic nitrogens is 6. The number of amides is 3. The average Bonchev–Trinajstić information content (AvgIpc) is 1.62. The molecule has 7 heterocycles. The van der Waals surface area contributed by atoms with Crippen molar-refractivity contribution in [2.75, 3.05) is 41.0 Å². The minimum absolute atomic E-state index is 0. The van der Waals surface area contributed by atoms with Crippen LogP contribution in [0.4, 0.5) is 0 Å². The molecular weight excluding hydrogens is 1680 g/mol. The maximum absolute atomic E-state index is 14.2. The Morgan fingerprint density at radius 2 is 1.10 bits per heavy atom. The molecule has 4 saturated carbocycles. The number of carbonyl (C=O) groups excluding carboxylic acids is 7. The van der Waals surface area contributed by atoms with Gasteiger partial charge in [0.1, 0.15) is 58.2 Å². The zero-order chi connectivity index (χ0) is 92.6. The molecule has 8 aliphatic rings. The van der Waals surface area contributed by atoms with E-state index in [1.54, 1.807) is 26.2 Å². The van der Waals surface area contributed by atoms with Crippen LogP contribution in [0.2, 0.25) is 0 Å². The number of unbranched alkanes of at least 4 members (excludes halogenated alkanes) is 4. The Bertz CT molecular complexity index is 4980. The second kappa shape index (κ2) is 43.1. The second-order valence-electron chi connectivity index (χ2n) is 41.4. The van der Waals surface area contributed by atoms with Crippen molar-refractivity contribution < 1.29 is 105 Å². The van der Waals surface area contributed by atoms with Crippen molar-refractivity contribution in [3.8, 4) is 34.9 Å². The van der Waals surface area contributed by atoms with E-state index >= 15 is 0 Å². The number of carboxylic acids is 2. The van der Waals surface area contributed by atoms with E-state index in [1.807, 2.05) is 145 Å². The first-order valence-electron chi connectivity index (χ1n) is 47.2. The number of aryl methyl sites for hydroxylation is 3. The van der Waals surface area contributed by atoms with Crippen molar-refractivity contribution in [3.05, 3.63) is 71.7 Å². The molecule has 2 N–H and O–H groups in total. The summed E-state index contributed by atoms with van der Waals surface area (Å²) in [4.78, 5) is 150. The molecule has 2 bridgehead atoms.